The summed E-state index contributed by atoms with van der Waals surface area (Å²) in [6.45, 7) is 5.75. The molecule has 0 bridgehead atoms. The van der Waals surface area contributed by atoms with Crippen molar-refractivity contribution in [1.82, 2.24) is 0 Å². The molecule has 1 saturated heterocycles. The maximum atomic E-state index is 7.79. The molecule has 1 aliphatic rings. The quantitative estimate of drug-likeness (QED) is 0.658. The van der Waals surface area contributed by atoms with Gasteiger partial charge in [-0.2, -0.15) is 0 Å². The van der Waals surface area contributed by atoms with Crippen LogP contribution < -0.4 is 0 Å². The van der Waals surface area contributed by atoms with Gasteiger partial charge in [0.05, 0.1) is 19.4 Å². The fourth-order valence-corrected chi connectivity index (χ4v) is 3.65. The van der Waals surface area contributed by atoms with Gasteiger partial charge in [-0.25, -0.2) is 0 Å². The Kier molecular flexibility index (Phi) is 6.63. The van der Waals surface area contributed by atoms with Crippen molar-refractivity contribution in [3.63, 3.8) is 0 Å². The highest BCUT2D eigenvalue weighted by molar-refractivity contribution is 6.31. The van der Waals surface area contributed by atoms with Gasteiger partial charge in [0, 0.05) is 16.9 Å². The zero-order chi connectivity index (χ0) is 16.8. The minimum atomic E-state index is -0.899. The number of ether oxygens (including phenoxy) is 2. The summed E-state index contributed by atoms with van der Waals surface area (Å²) in [7, 11) is 0. The molecule has 1 aromatic rings. The first-order valence-electron chi connectivity index (χ1n) is 8.61. The molecule has 0 amide bonds. The first-order valence-corrected chi connectivity index (χ1v) is 8.99. The number of hydrogen-bond acceptors (Lipinski definition) is 3. The zero-order valence-electron chi connectivity index (χ0n) is 14.2. The van der Waals surface area contributed by atoms with Gasteiger partial charge in [-0.05, 0) is 30.9 Å². The normalized spacial score (nSPS) is 19.4. The molecule has 4 heteroatoms. The van der Waals surface area contributed by atoms with E-state index >= 15 is 0 Å². The maximum Gasteiger partial charge on any atom is 0.204 e. The van der Waals surface area contributed by atoms with Crippen molar-refractivity contribution in [3.8, 4) is 0 Å². The van der Waals surface area contributed by atoms with Crippen molar-refractivity contribution >= 4 is 17.8 Å². The SMILES string of the molecule is CCCC1(CCC)COC(C=N)(CCc2ccccc2Cl)OC1. The Morgan fingerprint density at radius 1 is 1.09 bits per heavy atom. The Morgan fingerprint density at radius 3 is 2.22 bits per heavy atom. The Hall–Kier alpha value is -0.900. The average Bonchev–Trinajstić information content (AvgIpc) is 2.57. The highest BCUT2D eigenvalue weighted by Crippen LogP contribution is 2.38. The highest BCUT2D eigenvalue weighted by atomic mass is 35.5. The summed E-state index contributed by atoms with van der Waals surface area (Å²) in [5.74, 6) is -0.899. The van der Waals surface area contributed by atoms with Crippen LogP contribution in [0.2, 0.25) is 5.02 Å². The number of nitrogens with one attached hydrogen (secondary N) is 1. The van der Waals surface area contributed by atoms with Crippen LogP contribution in [-0.4, -0.2) is 25.2 Å². The van der Waals surface area contributed by atoms with Gasteiger partial charge >= 0.3 is 0 Å². The van der Waals surface area contributed by atoms with E-state index in [0.29, 0.717) is 19.6 Å². The van der Waals surface area contributed by atoms with E-state index in [0.717, 1.165) is 42.7 Å². The van der Waals surface area contributed by atoms with Gasteiger partial charge in [-0.15, -0.1) is 0 Å². The van der Waals surface area contributed by atoms with Gasteiger partial charge in [0.15, 0.2) is 0 Å². The predicted octanol–water partition coefficient (Wildman–Crippen LogP) is 5.25. The second kappa shape index (κ2) is 8.27. The average molecular weight is 338 g/mol. The van der Waals surface area contributed by atoms with Gasteiger partial charge in [0.25, 0.3) is 0 Å². The molecule has 0 spiro atoms. The van der Waals surface area contributed by atoms with E-state index in [1.165, 1.54) is 6.21 Å². The summed E-state index contributed by atoms with van der Waals surface area (Å²) in [6, 6.07) is 7.81. The summed E-state index contributed by atoms with van der Waals surface area (Å²) in [6.07, 6.45) is 7.15. The van der Waals surface area contributed by atoms with E-state index < -0.39 is 5.79 Å². The van der Waals surface area contributed by atoms with Crippen LogP contribution in [0, 0.1) is 10.8 Å². The van der Waals surface area contributed by atoms with E-state index in [9.17, 15) is 0 Å². The van der Waals surface area contributed by atoms with Crippen molar-refractivity contribution in [2.75, 3.05) is 13.2 Å². The van der Waals surface area contributed by atoms with E-state index in [4.69, 9.17) is 26.5 Å². The number of hydrogen-bond donors (Lipinski definition) is 1. The van der Waals surface area contributed by atoms with Crippen molar-refractivity contribution in [1.29, 1.82) is 5.41 Å². The second-order valence-electron chi connectivity index (χ2n) is 6.62. The van der Waals surface area contributed by atoms with E-state index in [1.54, 1.807) is 0 Å². The summed E-state index contributed by atoms with van der Waals surface area (Å²) in [5.41, 5.74) is 1.18. The van der Waals surface area contributed by atoms with Crippen LogP contribution in [0.4, 0.5) is 0 Å². The lowest BCUT2D eigenvalue weighted by Gasteiger charge is -2.45. The Morgan fingerprint density at radius 2 is 1.70 bits per heavy atom. The Bertz CT molecular complexity index is 502. The summed E-state index contributed by atoms with van der Waals surface area (Å²) < 4.78 is 12.2. The number of aryl methyl sites for hydroxylation is 1. The van der Waals surface area contributed by atoms with Crippen molar-refractivity contribution in [2.45, 2.75) is 58.2 Å². The van der Waals surface area contributed by atoms with Crippen molar-refractivity contribution < 1.29 is 9.47 Å². The molecule has 0 saturated carbocycles. The molecule has 1 heterocycles. The smallest absolute Gasteiger partial charge is 0.204 e. The first kappa shape index (κ1) is 18.4. The molecule has 0 radical (unpaired) electrons. The number of rotatable bonds is 8. The molecule has 128 valence electrons. The molecule has 23 heavy (non-hydrogen) atoms. The molecular weight excluding hydrogens is 310 g/mol. The molecule has 0 aliphatic carbocycles. The van der Waals surface area contributed by atoms with Crippen LogP contribution in [-0.2, 0) is 15.9 Å². The molecule has 1 fully saturated rings. The van der Waals surface area contributed by atoms with Crippen LogP contribution in [0.15, 0.2) is 24.3 Å². The first-order chi connectivity index (χ1) is 11.1. The van der Waals surface area contributed by atoms with Gasteiger partial charge < -0.3 is 14.9 Å². The molecule has 0 aromatic heterocycles. The minimum absolute atomic E-state index is 0.112. The van der Waals surface area contributed by atoms with Crippen LogP contribution >= 0.6 is 11.6 Å². The zero-order valence-corrected chi connectivity index (χ0v) is 15.0. The summed E-state index contributed by atoms with van der Waals surface area (Å²) in [5, 5.41) is 8.55. The lowest BCUT2D eigenvalue weighted by molar-refractivity contribution is -0.269. The Labute approximate surface area is 144 Å². The second-order valence-corrected chi connectivity index (χ2v) is 7.03. The molecule has 1 N–H and O–H groups in total. The van der Waals surface area contributed by atoms with Crippen molar-refractivity contribution in [2.24, 2.45) is 5.41 Å². The van der Waals surface area contributed by atoms with Gasteiger partial charge in [-0.1, -0.05) is 56.5 Å². The fraction of sp³-hybridized carbons (Fsp3) is 0.632. The van der Waals surface area contributed by atoms with Gasteiger partial charge in [0.1, 0.15) is 0 Å². The lowest BCUT2D eigenvalue weighted by Crippen LogP contribution is -2.50. The van der Waals surface area contributed by atoms with E-state index in [1.807, 2.05) is 24.3 Å². The molecule has 2 rings (SSSR count). The minimum Gasteiger partial charge on any atom is -0.344 e. The maximum absolute atomic E-state index is 7.79. The third-order valence-electron chi connectivity index (χ3n) is 4.73. The van der Waals surface area contributed by atoms with Crippen molar-refractivity contribution in [3.05, 3.63) is 34.9 Å². The number of benzene rings is 1. The van der Waals surface area contributed by atoms with Crippen LogP contribution in [0.1, 0.15) is 51.5 Å². The van der Waals surface area contributed by atoms with E-state index in [2.05, 4.69) is 13.8 Å². The monoisotopic (exact) mass is 337 g/mol. The fourth-order valence-electron chi connectivity index (χ4n) is 3.42. The third kappa shape index (κ3) is 4.56. The van der Waals surface area contributed by atoms with Crippen LogP contribution in [0.3, 0.4) is 0 Å². The molecule has 3 nitrogen and oxygen atoms in total. The molecular formula is C19H28ClNO2. The van der Waals surface area contributed by atoms with Gasteiger partial charge in [-0.3, -0.25) is 0 Å². The largest absolute Gasteiger partial charge is 0.344 e. The molecule has 1 aromatic carbocycles. The van der Waals surface area contributed by atoms with Crippen LogP contribution in [0.25, 0.3) is 0 Å². The van der Waals surface area contributed by atoms with Gasteiger partial charge in [0.2, 0.25) is 5.79 Å². The summed E-state index contributed by atoms with van der Waals surface area (Å²) >= 11 is 6.22. The lowest BCUT2D eigenvalue weighted by atomic mass is 9.80. The predicted molar refractivity (Wildman–Crippen MR) is 95.4 cm³/mol. The van der Waals surface area contributed by atoms with E-state index in [-0.39, 0.29) is 5.41 Å². The molecule has 0 atom stereocenters. The van der Waals surface area contributed by atoms with Crippen LogP contribution in [0.5, 0.6) is 0 Å². The highest BCUT2D eigenvalue weighted by Gasteiger charge is 2.42. The molecule has 1 aliphatic heterocycles. The standard InChI is InChI=1S/C19H28ClNO2/c1-3-10-18(11-4-2)14-22-19(13-21,23-15-18)12-9-16-7-5-6-8-17(16)20/h5-8,13,21H,3-4,9-12,14-15H2,1-2H3. The third-order valence-corrected chi connectivity index (χ3v) is 5.10. The number of halogens is 1. The Balaban J connectivity index is 2.00. The molecule has 0 unspecified atom stereocenters. The topological polar surface area (TPSA) is 42.3 Å². The summed E-state index contributed by atoms with van der Waals surface area (Å²) in [4.78, 5) is 0.